The van der Waals surface area contributed by atoms with Crippen LogP contribution in [0.25, 0.3) is 0 Å². The summed E-state index contributed by atoms with van der Waals surface area (Å²) >= 11 is 0. The van der Waals surface area contributed by atoms with Gasteiger partial charge in [-0.05, 0) is 12.8 Å². The molecule has 1 aromatic heterocycles. The molecule has 0 bridgehead atoms. The minimum Gasteiger partial charge on any atom is -0.396 e. The van der Waals surface area contributed by atoms with E-state index in [1.165, 1.54) is 0 Å². The Balaban J connectivity index is 2.22. The molecule has 1 aromatic rings. The van der Waals surface area contributed by atoms with Crippen LogP contribution in [0.5, 0.6) is 0 Å². The van der Waals surface area contributed by atoms with Crippen LogP contribution >= 0.6 is 0 Å². The molecule has 0 amide bonds. The predicted octanol–water partition coefficient (Wildman–Crippen LogP) is 1.35. The zero-order valence-corrected chi connectivity index (χ0v) is 10.6. The highest BCUT2D eigenvalue weighted by Crippen LogP contribution is 2.32. The smallest absolute Gasteiger partial charge is 0.396 e. The van der Waals surface area contributed by atoms with Crippen molar-refractivity contribution >= 4 is 11.8 Å². The van der Waals surface area contributed by atoms with Crippen LogP contribution in [0.4, 0.5) is 24.9 Å². The van der Waals surface area contributed by atoms with E-state index in [0.29, 0.717) is 0 Å². The van der Waals surface area contributed by atoms with E-state index in [9.17, 15) is 18.3 Å². The molecule has 0 aromatic carbocycles. The normalized spacial score (nSPS) is 22.9. The highest BCUT2D eigenvalue weighted by Gasteiger charge is 2.34. The van der Waals surface area contributed by atoms with E-state index in [1.807, 2.05) is 5.43 Å². The molecular weight excluding hydrogens is 275 g/mol. The Hall–Kier alpha value is -1.61. The number of anilines is 2. The summed E-state index contributed by atoms with van der Waals surface area (Å²) in [6, 6.07) is 0.745. The van der Waals surface area contributed by atoms with Gasteiger partial charge in [0.05, 0.1) is 0 Å². The van der Waals surface area contributed by atoms with Crippen molar-refractivity contribution in [3.05, 3.63) is 11.8 Å². The third kappa shape index (κ3) is 3.28. The lowest BCUT2D eigenvalue weighted by molar-refractivity contribution is -0.141. The first-order valence-electron chi connectivity index (χ1n) is 6.24. The Kier molecular flexibility index (Phi) is 4.29. The zero-order valence-electron chi connectivity index (χ0n) is 10.6. The standard InChI is InChI=1S/C11H16F3N5O/c12-11(13,14)8-4-9(18-10(17-8)19-15)16-7-3-1-2-6(7)5-20/h4,6-7,20H,1-3,5,15H2,(H2,16,17,18,19). The number of hydrogen-bond acceptors (Lipinski definition) is 6. The summed E-state index contributed by atoms with van der Waals surface area (Å²) in [6.45, 7) is -0.00310. The average molecular weight is 291 g/mol. The molecule has 0 radical (unpaired) electrons. The van der Waals surface area contributed by atoms with Gasteiger partial charge in [0.1, 0.15) is 5.82 Å². The summed E-state index contributed by atoms with van der Waals surface area (Å²) in [4.78, 5) is 7.13. The van der Waals surface area contributed by atoms with Gasteiger partial charge < -0.3 is 10.4 Å². The third-order valence-electron chi connectivity index (χ3n) is 3.37. The fourth-order valence-corrected chi connectivity index (χ4v) is 2.37. The predicted molar refractivity (Wildman–Crippen MR) is 66.7 cm³/mol. The maximum atomic E-state index is 12.7. The molecule has 112 valence electrons. The van der Waals surface area contributed by atoms with E-state index in [1.54, 1.807) is 0 Å². The van der Waals surface area contributed by atoms with E-state index >= 15 is 0 Å². The van der Waals surface area contributed by atoms with E-state index < -0.39 is 11.9 Å². The number of nitrogens with two attached hydrogens (primary N) is 1. The fourth-order valence-electron chi connectivity index (χ4n) is 2.37. The molecular formula is C11H16F3N5O. The third-order valence-corrected chi connectivity index (χ3v) is 3.37. The Bertz CT molecular complexity index is 468. The monoisotopic (exact) mass is 291 g/mol. The second kappa shape index (κ2) is 5.80. The molecule has 1 heterocycles. The molecule has 1 saturated carbocycles. The van der Waals surface area contributed by atoms with Crippen LogP contribution < -0.4 is 16.6 Å². The summed E-state index contributed by atoms with van der Waals surface area (Å²) in [5.74, 6) is 4.85. The topological polar surface area (TPSA) is 96.1 Å². The largest absolute Gasteiger partial charge is 0.433 e. The van der Waals surface area contributed by atoms with Gasteiger partial charge in [0.15, 0.2) is 5.69 Å². The number of nitrogen functional groups attached to an aromatic ring is 1. The van der Waals surface area contributed by atoms with E-state index in [2.05, 4.69) is 15.3 Å². The molecule has 9 heteroatoms. The van der Waals surface area contributed by atoms with Gasteiger partial charge in [-0.25, -0.2) is 10.8 Å². The number of aliphatic hydroxyl groups excluding tert-OH is 1. The Morgan fingerprint density at radius 1 is 1.35 bits per heavy atom. The number of aromatic nitrogens is 2. The van der Waals surface area contributed by atoms with Gasteiger partial charge in [-0.3, -0.25) is 5.43 Å². The summed E-state index contributed by atoms with van der Waals surface area (Å²) in [7, 11) is 0. The zero-order chi connectivity index (χ0) is 14.8. The number of alkyl halides is 3. The molecule has 2 unspecified atom stereocenters. The van der Waals surface area contributed by atoms with Gasteiger partial charge in [0.25, 0.3) is 0 Å². The minimum absolute atomic E-state index is 0.00310. The average Bonchev–Trinajstić information content (AvgIpc) is 2.84. The first-order chi connectivity index (χ1) is 9.44. The molecule has 2 atom stereocenters. The van der Waals surface area contributed by atoms with Crippen molar-refractivity contribution in [2.24, 2.45) is 11.8 Å². The van der Waals surface area contributed by atoms with Crippen LogP contribution in [0.2, 0.25) is 0 Å². The lowest BCUT2D eigenvalue weighted by atomic mass is 10.1. The minimum atomic E-state index is -4.57. The van der Waals surface area contributed by atoms with E-state index in [0.717, 1.165) is 25.3 Å². The molecule has 6 nitrogen and oxygen atoms in total. The Morgan fingerprint density at radius 2 is 2.10 bits per heavy atom. The van der Waals surface area contributed by atoms with Crippen molar-refractivity contribution in [3.8, 4) is 0 Å². The number of hydrazine groups is 1. The first kappa shape index (κ1) is 14.8. The van der Waals surface area contributed by atoms with E-state index in [4.69, 9.17) is 5.84 Å². The maximum Gasteiger partial charge on any atom is 0.433 e. The molecule has 1 aliphatic carbocycles. The molecule has 1 aliphatic rings. The number of nitrogens with one attached hydrogen (secondary N) is 2. The van der Waals surface area contributed by atoms with Gasteiger partial charge in [0.2, 0.25) is 5.95 Å². The molecule has 0 aliphatic heterocycles. The van der Waals surface area contributed by atoms with Crippen LogP contribution in [0.1, 0.15) is 25.0 Å². The summed E-state index contributed by atoms with van der Waals surface area (Å²) in [5, 5.41) is 12.1. The van der Waals surface area contributed by atoms with Crippen molar-refractivity contribution in [3.63, 3.8) is 0 Å². The molecule has 5 N–H and O–H groups in total. The lowest BCUT2D eigenvalue weighted by Crippen LogP contribution is -2.27. The molecule has 0 saturated heterocycles. The number of rotatable bonds is 4. The summed E-state index contributed by atoms with van der Waals surface area (Å²) in [6.07, 6.45) is -2.03. The van der Waals surface area contributed by atoms with Gasteiger partial charge in [-0.2, -0.15) is 18.2 Å². The van der Waals surface area contributed by atoms with Gasteiger partial charge in [-0.1, -0.05) is 6.42 Å². The molecule has 2 rings (SSSR count). The van der Waals surface area contributed by atoms with Gasteiger partial charge in [0, 0.05) is 24.6 Å². The summed E-state index contributed by atoms with van der Waals surface area (Å²) < 4.78 is 38.1. The SMILES string of the molecule is NNc1nc(NC2CCCC2CO)cc(C(F)(F)F)n1. The van der Waals surface area contributed by atoms with Gasteiger partial charge in [-0.15, -0.1) is 0 Å². The fraction of sp³-hybridized carbons (Fsp3) is 0.636. The Morgan fingerprint density at radius 3 is 2.70 bits per heavy atom. The Labute approximate surface area is 113 Å². The van der Waals surface area contributed by atoms with E-state index in [-0.39, 0.29) is 30.3 Å². The highest BCUT2D eigenvalue weighted by molar-refractivity contribution is 5.43. The number of halogens is 3. The van der Waals surface area contributed by atoms with Crippen molar-refractivity contribution in [2.45, 2.75) is 31.5 Å². The first-order valence-corrected chi connectivity index (χ1v) is 6.24. The molecule has 20 heavy (non-hydrogen) atoms. The second-order valence-corrected chi connectivity index (χ2v) is 4.73. The van der Waals surface area contributed by atoms with Crippen LogP contribution in [-0.2, 0) is 6.18 Å². The molecule has 1 fully saturated rings. The van der Waals surface area contributed by atoms with Crippen LogP contribution in [0, 0.1) is 5.92 Å². The van der Waals surface area contributed by atoms with Crippen molar-refractivity contribution < 1.29 is 18.3 Å². The number of aliphatic hydroxyl groups is 1. The van der Waals surface area contributed by atoms with Crippen LogP contribution in [0.15, 0.2) is 6.07 Å². The highest BCUT2D eigenvalue weighted by atomic mass is 19.4. The summed E-state index contributed by atoms with van der Waals surface area (Å²) in [5.41, 5.74) is 0.950. The quantitative estimate of drug-likeness (QED) is 0.494. The van der Waals surface area contributed by atoms with Crippen molar-refractivity contribution in [2.75, 3.05) is 17.3 Å². The van der Waals surface area contributed by atoms with Crippen molar-refractivity contribution in [1.29, 1.82) is 0 Å². The van der Waals surface area contributed by atoms with Crippen LogP contribution in [0.3, 0.4) is 0 Å². The lowest BCUT2D eigenvalue weighted by Gasteiger charge is -2.20. The van der Waals surface area contributed by atoms with Crippen LogP contribution in [-0.4, -0.2) is 27.7 Å². The number of nitrogens with zero attached hydrogens (tertiary/aromatic N) is 2. The molecule has 0 spiro atoms. The number of hydrogen-bond donors (Lipinski definition) is 4. The second-order valence-electron chi connectivity index (χ2n) is 4.73. The van der Waals surface area contributed by atoms with Gasteiger partial charge >= 0.3 is 6.18 Å². The maximum absolute atomic E-state index is 12.7. The van der Waals surface area contributed by atoms with Crippen molar-refractivity contribution in [1.82, 2.24) is 9.97 Å².